The molecule has 3 aliphatic carbocycles. The molecule has 0 aliphatic heterocycles. The number of pyridine rings is 1. The number of ether oxygens (including phenoxy) is 1. The van der Waals surface area contributed by atoms with Crippen LogP contribution in [0.25, 0.3) is 5.57 Å². The van der Waals surface area contributed by atoms with Gasteiger partial charge in [-0.3, -0.25) is 9.78 Å². The number of hydrogen-bond donors (Lipinski definition) is 2. The normalized spacial score (nSPS) is 23.4. The second-order valence-corrected chi connectivity index (χ2v) is 10.1. The molecule has 0 saturated heterocycles. The smallest absolute Gasteiger partial charge is 0.253 e. The Kier molecular flexibility index (Phi) is 6.38. The molecule has 170 valence electrons. The Morgan fingerprint density at radius 3 is 2.41 bits per heavy atom. The van der Waals surface area contributed by atoms with E-state index in [2.05, 4.69) is 16.9 Å². The zero-order chi connectivity index (χ0) is 22.8. The minimum Gasteiger partial charge on any atom is -0.493 e. The van der Waals surface area contributed by atoms with Crippen molar-refractivity contribution in [1.29, 1.82) is 0 Å². The van der Waals surface area contributed by atoms with Gasteiger partial charge in [0.05, 0.1) is 29.5 Å². The van der Waals surface area contributed by atoms with E-state index in [0.29, 0.717) is 11.1 Å². The topological polar surface area (TPSA) is 71.5 Å². The van der Waals surface area contributed by atoms with E-state index < -0.39 is 11.6 Å². The summed E-state index contributed by atoms with van der Waals surface area (Å²) < 4.78 is 6.19. The molecule has 1 amide bonds. The Morgan fingerprint density at radius 2 is 1.84 bits per heavy atom. The number of nitrogens with one attached hydrogen (secondary N) is 1. The monoisotopic (exact) mass is 434 g/mol. The number of aromatic nitrogens is 1. The van der Waals surface area contributed by atoms with Crippen LogP contribution in [0.4, 0.5) is 0 Å². The molecule has 0 spiro atoms. The van der Waals surface area contributed by atoms with E-state index in [9.17, 15) is 9.90 Å². The van der Waals surface area contributed by atoms with Crippen molar-refractivity contribution in [3.05, 3.63) is 66.5 Å². The minimum absolute atomic E-state index is 0.265. The number of fused-ring (bicyclic) bond motifs is 3. The molecular formula is C27H34N2O3. The molecule has 5 nitrogen and oxygen atoms in total. The van der Waals surface area contributed by atoms with Gasteiger partial charge in [-0.25, -0.2) is 0 Å². The van der Waals surface area contributed by atoms with Crippen LogP contribution in [-0.4, -0.2) is 28.2 Å². The summed E-state index contributed by atoms with van der Waals surface area (Å²) in [6, 6.07) is 12.4. The first-order valence-electron chi connectivity index (χ1n) is 11.6. The summed E-state index contributed by atoms with van der Waals surface area (Å²) in [7, 11) is 0. The summed E-state index contributed by atoms with van der Waals surface area (Å²) in [6.07, 6.45) is 9.50. The van der Waals surface area contributed by atoms with Crippen LogP contribution in [-0.2, 0) is 4.79 Å². The van der Waals surface area contributed by atoms with E-state index in [1.807, 2.05) is 30.3 Å². The number of carbonyl (C=O) groups is 1. The highest BCUT2D eigenvalue weighted by Crippen LogP contribution is 2.50. The molecule has 2 aromatic rings. The predicted molar refractivity (Wildman–Crippen MR) is 126 cm³/mol. The van der Waals surface area contributed by atoms with Crippen molar-refractivity contribution in [3.63, 3.8) is 0 Å². The van der Waals surface area contributed by atoms with Crippen molar-refractivity contribution in [1.82, 2.24) is 10.3 Å². The molecule has 1 atom stereocenters. The van der Waals surface area contributed by atoms with Crippen LogP contribution in [0.5, 0.6) is 5.75 Å². The van der Waals surface area contributed by atoms with Gasteiger partial charge in [0.15, 0.2) is 0 Å². The standard InChI is InChI=1S/C27H34N2O3/c1-19(23-6-4-5-17-28-23)25(30)29-24(26(2,3)31)21-7-9-22(10-8-21)32-18-27-14-11-20(12-15-27)13-16-27/h4-10,17,20,24,31H,1,11-16,18H2,2-3H3,(H,29,30)/t20?,24-,27?/m1/s1. The number of carbonyl (C=O) groups excluding carboxylic acids is 1. The van der Waals surface area contributed by atoms with Crippen molar-refractivity contribution in [2.75, 3.05) is 6.61 Å². The Hall–Kier alpha value is -2.66. The molecule has 1 aromatic heterocycles. The van der Waals surface area contributed by atoms with Crippen LogP contribution in [0.2, 0.25) is 0 Å². The van der Waals surface area contributed by atoms with Crippen molar-refractivity contribution in [3.8, 4) is 5.75 Å². The van der Waals surface area contributed by atoms with Crippen molar-refractivity contribution in [2.24, 2.45) is 11.3 Å². The van der Waals surface area contributed by atoms with E-state index in [0.717, 1.165) is 23.8 Å². The van der Waals surface area contributed by atoms with Crippen LogP contribution in [0.15, 0.2) is 55.2 Å². The zero-order valence-electron chi connectivity index (χ0n) is 19.1. The van der Waals surface area contributed by atoms with Crippen LogP contribution >= 0.6 is 0 Å². The highest BCUT2D eigenvalue weighted by atomic mass is 16.5. The lowest BCUT2D eigenvalue weighted by molar-refractivity contribution is -0.118. The molecule has 0 unspecified atom stereocenters. The second-order valence-electron chi connectivity index (χ2n) is 10.1. The molecule has 2 bridgehead atoms. The molecule has 3 aliphatic rings. The average molecular weight is 435 g/mol. The predicted octanol–water partition coefficient (Wildman–Crippen LogP) is 5.07. The third kappa shape index (κ3) is 5.04. The van der Waals surface area contributed by atoms with Crippen molar-refractivity contribution >= 4 is 11.5 Å². The quantitative estimate of drug-likeness (QED) is 0.569. The van der Waals surface area contributed by atoms with Gasteiger partial charge < -0.3 is 15.2 Å². The highest BCUT2D eigenvalue weighted by molar-refractivity contribution is 6.18. The molecule has 5 heteroatoms. The van der Waals surface area contributed by atoms with E-state index in [1.54, 1.807) is 32.2 Å². The molecule has 3 fully saturated rings. The first-order chi connectivity index (χ1) is 15.3. The number of amides is 1. The van der Waals surface area contributed by atoms with Gasteiger partial charge in [-0.15, -0.1) is 0 Å². The summed E-state index contributed by atoms with van der Waals surface area (Å²) in [4.78, 5) is 17.0. The van der Waals surface area contributed by atoms with Gasteiger partial charge in [-0.05, 0) is 88.1 Å². The third-order valence-corrected chi connectivity index (χ3v) is 7.24. The Labute approximate surface area is 190 Å². The molecule has 1 aromatic carbocycles. The number of benzene rings is 1. The molecule has 3 saturated carbocycles. The molecule has 5 rings (SSSR count). The summed E-state index contributed by atoms with van der Waals surface area (Å²) in [6.45, 7) is 8.02. The van der Waals surface area contributed by atoms with Crippen LogP contribution < -0.4 is 10.1 Å². The summed E-state index contributed by atoms with van der Waals surface area (Å²) >= 11 is 0. The first kappa shape index (κ1) is 22.5. The van der Waals surface area contributed by atoms with Crippen molar-refractivity contribution in [2.45, 2.75) is 64.0 Å². The van der Waals surface area contributed by atoms with Gasteiger partial charge in [0, 0.05) is 11.6 Å². The Morgan fingerprint density at radius 1 is 1.19 bits per heavy atom. The maximum Gasteiger partial charge on any atom is 0.253 e. The Bertz CT molecular complexity index is 925. The fourth-order valence-corrected chi connectivity index (χ4v) is 5.09. The third-order valence-electron chi connectivity index (χ3n) is 7.24. The zero-order valence-corrected chi connectivity index (χ0v) is 19.1. The van der Waals surface area contributed by atoms with Gasteiger partial charge >= 0.3 is 0 Å². The van der Waals surface area contributed by atoms with Crippen LogP contribution in [0.1, 0.15) is 69.7 Å². The fourth-order valence-electron chi connectivity index (χ4n) is 5.09. The van der Waals surface area contributed by atoms with Gasteiger partial charge in [0.1, 0.15) is 5.75 Å². The molecule has 1 heterocycles. The largest absolute Gasteiger partial charge is 0.493 e. The summed E-state index contributed by atoms with van der Waals surface area (Å²) in [5.74, 6) is 1.41. The number of hydrogen-bond acceptors (Lipinski definition) is 4. The lowest BCUT2D eigenvalue weighted by Crippen LogP contribution is -2.42. The molecule has 32 heavy (non-hydrogen) atoms. The van der Waals surface area contributed by atoms with E-state index in [1.165, 1.54) is 38.5 Å². The maximum atomic E-state index is 12.8. The number of nitrogens with zero attached hydrogens (tertiary/aromatic N) is 1. The highest BCUT2D eigenvalue weighted by Gasteiger charge is 2.41. The SMILES string of the molecule is C=C(C(=O)N[C@H](c1ccc(OCC23CCC(CC2)CC3)cc1)C(C)(C)O)c1ccccn1. The van der Waals surface area contributed by atoms with Gasteiger partial charge in [-0.2, -0.15) is 0 Å². The number of aliphatic hydroxyl groups is 1. The van der Waals surface area contributed by atoms with Gasteiger partial charge in [0.25, 0.3) is 5.91 Å². The first-order valence-corrected chi connectivity index (χ1v) is 11.6. The van der Waals surface area contributed by atoms with E-state index in [-0.39, 0.29) is 11.5 Å². The Balaban J connectivity index is 1.42. The summed E-state index contributed by atoms with van der Waals surface area (Å²) in [5, 5.41) is 13.7. The van der Waals surface area contributed by atoms with E-state index >= 15 is 0 Å². The lowest BCUT2D eigenvalue weighted by Gasteiger charge is -2.46. The summed E-state index contributed by atoms with van der Waals surface area (Å²) in [5.41, 5.74) is 0.773. The molecule has 2 N–H and O–H groups in total. The fraction of sp³-hybridized carbons (Fsp3) is 0.481. The van der Waals surface area contributed by atoms with Crippen LogP contribution in [0, 0.1) is 11.3 Å². The second kappa shape index (κ2) is 9.07. The van der Waals surface area contributed by atoms with E-state index in [4.69, 9.17) is 4.74 Å². The maximum absolute atomic E-state index is 12.8. The molecule has 0 radical (unpaired) electrons. The van der Waals surface area contributed by atoms with Gasteiger partial charge in [0.2, 0.25) is 0 Å². The minimum atomic E-state index is -1.16. The molecular weight excluding hydrogens is 400 g/mol. The van der Waals surface area contributed by atoms with Crippen LogP contribution in [0.3, 0.4) is 0 Å². The lowest BCUT2D eigenvalue weighted by atomic mass is 9.61. The number of rotatable bonds is 8. The average Bonchev–Trinajstić information content (AvgIpc) is 2.82. The van der Waals surface area contributed by atoms with Crippen molar-refractivity contribution < 1.29 is 14.6 Å². The van der Waals surface area contributed by atoms with Gasteiger partial charge in [-0.1, -0.05) is 24.8 Å².